The highest BCUT2D eigenvalue weighted by Gasteiger charge is 2.33. The first-order chi connectivity index (χ1) is 11.5. The molecular weight excluding hydrogens is 296 g/mol. The zero-order valence-corrected chi connectivity index (χ0v) is 17.0. The Morgan fingerprint density at radius 3 is 1.71 bits per heavy atom. The van der Waals surface area contributed by atoms with Gasteiger partial charge in [-0.1, -0.05) is 71.1 Å². The smallest absolute Gasteiger partial charge is 0.152 e. The molecule has 1 unspecified atom stereocenters. The quantitative estimate of drug-likeness (QED) is 0.365. The van der Waals surface area contributed by atoms with Gasteiger partial charge >= 0.3 is 0 Å². The Balaban J connectivity index is 3.69. The lowest BCUT2D eigenvalue weighted by atomic mass is 9.86. The van der Waals surface area contributed by atoms with Crippen molar-refractivity contribution in [2.75, 3.05) is 20.6 Å². The van der Waals surface area contributed by atoms with Crippen LogP contribution in [0, 0.1) is 0 Å². The molecule has 3 heteroatoms. The first-order valence-corrected chi connectivity index (χ1v) is 10.4. The number of likely N-dealkylation sites (N-methyl/N-ethyl adjacent to an activating group) is 1. The molecule has 0 aromatic heterocycles. The van der Waals surface area contributed by atoms with Crippen LogP contribution in [0.2, 0.25) is 0 Å². The van der Waals surface area contributed by atoms with Crippen LogP contribution in [-0.2, 0) is 4.79 Å². The number of ketones is 1. The molecule has 0 aromatic carbocycles. The summed E-state index contributed by atoms with van der Waals surface area (Å²) in [6, 6.07) is 0. The topological polar surface area (TPSA) is 46.3 Å². The van der Waals surface area contributed by atoms with Crippen molar-refractivity contribution in [2.24, 2.45) is 5.73 Å². The van der Waals surface area contributed by atoms with E-state index < -0.39 is 0 Å². The van der Waals surface area contributed by atoms with Crippen molar-refractivity contribution in [2.45, 2.75) is 109 Å². The van der Waals surface area contributed by atoms with E-state index in [1.54, 1.807) is 0 Å². The van der Waals surface area contributed by atoms with E-state index in [0.717, 1.165) is 25.7 Å². The van der Waals surface area contributed by atoms with Crippen molar-refractivity contribution in [1.29, 1.82) is 0 Å². The monoisotopic (exact) mass is 340 g/mol. The van der Waals surface area contributed by atoms with Crippen molar-refractivity contribution in [1.82, 2.24) is 4.90 Å². The van der Waals surface area contributed by atoms with Crippen LogP contribution in [0.5, 0.6) is 0 Å². The number of rotatable bonds is 17. The third-order valence-corrected chi connectivity index (χ3v) is 5.46. The second kappa shape index (κ2) is 14.9. The number of carbonyl (C=O) groups excluding carboxylic acids is 1. The zero-order valence-electron chi connectivity index (χ0n) is 17.0. The summed E-state index contributed by atoms with van der Waals surface area (Å²) in [6.07, 6.45) is 17.1. The lowest BCUT2D eigenvalue weighted by Gasteiger charge is -2.35. The van der Waals surface area contributed by atoms with Gasteiger partial charge in [0, 0.05) is 6.42 Å². The van der Waals surface area contributed by atoms with Crippen molar-refractivity contribution in [3.63, 3.8) is 0 Å². The van der Waals surface area contributed by atoms with Crippen LogP contribution < -0.4 is 5.73 Å². The van der Waals surface area contributed by atoms with Gasteiger partial charge in [-0.25, -0.2) is 0 Å². The van der Waals surface area contributed by atoms with E-state index in [1.165, 1.54) is 64.2 Å². The van der Waals surface area contributed by atoms with Crippen molar-refractivity contribution in [3.8, 4) is 0 Å². The number of carbonyl (C=O) groups is 1. The van der Waals surface area contributed by atoms with Gasteiger partial charge in [-0.05, 0) is 46.8 Å². The SMILES string of the molecule is CCCCCCCCCCCCCC(=O)C(C)(CCCN)N(C)C. The van der Waals surface area contributed by atoms with Gasteiger partial charge in [-0.3, -0.25) is 9.69 Å². The van der Waals surface area contributed by atoms with Crippen molar-refractivity contribution >= 4 is 5.78 Å². The highest BCUT2D eigenvalue weighted by atomic mass is 16.1. The van der Waals surface area contributed by atoms with Crippen molar-refractivity contribution in [3.05, 3.63) is 0 Å². The summed E-state index contributed by atoms with van der Waals surface area (Å²) >= 11 is 0. The molecule has 1 atom stereocenters. The van der Waals surface area contributed by atoms with Gasteiger partial charge < -0.3 is 5.73 Å². The van der Waals surface area contributed by atoms with E-state index in [-0.39, 0.29) is 5.54 Å². The molecular formula is C21H44N2O. The fraction of sp³-hybridized carbons (Fsp3) is 0.952. The molecule has 0 amide bonds. The average molecular weight is 341 g/mol. The Kier molecular flexibility index (Phi) is 14.6. The number of hydrogen-bond acceptors (Lipinski definition) is 3. The fourth-order valence-electron chi connectivity index (χ4n) is 3.28. The van der Waals surface area contributed by atoms with Crippen LogP contribution in [0.15, 0.2) is 0 Å². The molecule has 0 radical (unpaired) electrons. The molecule has 0 aromatic rings. The predicted octanol–water partition coefficient (Wildman–Crippen LogP) is 5.32. The van der Waals surface area contributed by atoms with Gasteiger partial charge in [0.15, 0.2) is 5.78 Å². The summed E-state index contributed by atoms with van der Waals surface area (Å²) in [5.74, 6) is 0.386. The third kappa shape index (κ3) is 10.5. The molecule has 0 aliphatic rings. The molecule has 2 N–H and O–H groups in total. The lowest BCUT2D eigenvalue weighted by Crippen LogP contribution is -2.48. The van der Waals surface area contributed by atoms with E-state index in [4.69, 9.17) is 5.73 Å². The number of unbranched alkanes of at least 4 members (excludes halogenated alkanes) is 10. The second-order valence-corrected chi connectivity index (χ2v) is 7.77. The largest absolute Gasteiger partial charge is 0.330 e. The maximum atomic E-state index is 12.6. The van der Waals surface area contributed by atoms with Gasteiger partial charge in [0.2, 0.25) is 0 Å². The first kappa shape index (κ1) is 23.6. The van der Waals surface area contributed by atoms with E-state index in [1.807, 2.05) is 14.1 Å². The molecule has 0 heterocycles. The van der Waals surface area contributed by atoms with Crippen LogP contribution in [-0.4, -0.2) is 36.9 Å². The lowest BCUT2D eigenvalue weighted by molar-refractivity contribution is -0.129. The summed E-state index contributed by atoms with van der Waals surface area (Å²) in [5.41, 5.74) is 5.28. The molecule has 0 fully saturated rings. The molecule has 144 valence electrons. The number of Topliss-reactive ketones (excluding diaryl/α,β-unsaturated/α-hetero) is 1. The maximum Gasteiger partial charge on any atom is 0.152 e. The summed E-state index contributed by atoms with van der Waals surface area (Å²) in [6.45, 7) is 5.00. The Morgan fingerprint density at radius 2 is 1.29 bits per heavy atom. The molecule has 0 aliphatic carbocycles. The van der Waals surface area contributed by atoms with E-state index in [9.17, 15) is 4.79 Å². The Labute approximate surface area is 151 Å². The standard InChI is InChI=1S/C21H44N2O/c1-5-6-7-8-9-10-11-12-13-14-15-17-20(24)21(2,23(3)4)18-16-19-22/h5-19,22H2,1-4H3. The summed E-state index contributed by atoms with van der Waals surface area (Å²) in [5, 5.41) is 0. The Hall–Kier alpha value is -0.410. The Morgan fingerprint density at radius 1 is 0.833 bits per heavy atom. The highest BCUT2D eigenvalue weighted by Crippen LogP contribution is 2.23. The molecule has 0 spiro atoms. The third-order valence-electron chi connectivity index (χ3n) is 5.46. The summed E-state index contributed by atoms with van der Waals surface area (Å²) in [4.78, 5) is 14.7. The van der Waals surface area contributed by atoms with Gasteiger partial charge in [-0.15, -0.1) is 0 Å². The van der Waals surface area contributed by atoms with E-state index >= 15 is 0 Å². The zero-order chi connectivity index (χ0) is 18.3. The van der Waals surface area contributed by atoms with Crippen LogP contribution in [0.4, 0.5) is 0 Å². The fourth-order valence-corrected chi connectivity index (χ4v) is 3.28. The second-order valence-electron chi connectivity index (χ2n) is 7.77. The van der Waals surface area contributed by atoms with Crippen molar-refractivity contribution < 1.29 is 4.79 Å². The molecule has 0 saturated carbocycles. The molecule has 0 aliphatic heterocycles. The van der Waals surface area contributed by atoms with Crippen LogP contribution >= 0.6 is 0 Å². The van der Waals surface area contributed by atoms with Gasteiger partial charge in [0.05, 0.1) is 5.54 Å². The summed E-state index contributed by atoms with van der Waals surface area (Å²) in [7, 11) is 4.02. The van der Waals surface area contributed by atoms with Crippen LogP contribution in [0.1, 0.15) is 104 Å². The minimum atomic E-state index is -0.335. The molecule has 3 nitrogen and oxygen atoms in total. The van der Waals surface area contributed by atoms with Gasteiger partial charge in [0.25, 0.3) is 0 Å². The molecule has 0 rings (SSSR count). The number of nitrogens with zero attached hydrogens (tertiary/aromatic N) is 1. The molecule has 0 bridgehead atoms. The van der Waals surface area contributed by atoms with Gasteiger partial charge in [0.1, 0.15) is 0 Å². The highest BCUT2D eigenvalue weighted by molar-refractivity contribution is 5.87. The number of hydrogen-bond donors (Lipinski definition) is 1. The first-order valence-electron chi connectivity index (χ1n) is 10.4. The minimum Gasteiger partial charge on any atom is -0.330 e. The van der Waals surface area contributed by atoms with Gasteiger partial charge in [-0.2, -0.15) is 0 Å². The molecule has 24 heavy (non-hydrogen) atoms. The Bertz CT molecular complexity index is 304. The number of nitrogens with two attached hydrogens (primary N) is 1. The van der Waals surface area contributed by atoms with E-state index in [0.29, 0.717) is 12.3 Å². The van der Waals surface area contributed by atoms with Crippen LogP contribution in [0.3, 0.4) is 0 Å². The average Bonchev–Trinajstić information content (AvgIpc) is 2.57. The predicted molar refractivity (Wildman–Crippen MR) is 106 cm³/mol. The van der Waals surface area contributed by atoms with Crippen LogP contribution in [0.25, 0.3) is 0 Å². The van der Waals surface area contributed by atoms with E-state index in [2.05, 4.69) is 18.7 Å². The normalized spacial score (nSPS) is 14.1. The molecule has 0 saturated heterocycles. The maximum absolute atomic E-state index is 12.6. The summed E-state index contributed by atoms with van der Waals surface area (Å²) < 4.78 is 0. The minimum absolute atomic E-state index is 0.335.